The normalized spacial score (nSPS) is 10.3. The summed E-state index contributed by atoms with van der Waals surface area (Å²) < 4.78 is 0. The average Bonchev–Trinajstić information content (AvgIpc) is 2.72. The van der Waals surface area contributed by atoms with E-state index in [1.165, 1.54) is 0 Å². The van der Waals surface area contributed by atoms with Crippen LogP contribution >= 0.6 is 0 Å². The third-order valence-electron chi connectivity index (χ3n) is 4.52. The molecule has 0 aliphatic rings. The molecule has 0 saturated carbocycles. The minimum atomic E-state index is -0.244. The number of aryl methyl sites for hydroxylation is 2. The summed E-state index contributed by atoms with van der Waals surface area (Å²) in [6.07, 6.45) is 0. The number of carbonyl (C=O) groups is 2. The molecule has 0 aromatic heterocycles. The summed E-state index contributed by atoms with van der Waals surface area (Å²) in [4.78, 5) is 26.9. The van der Waals surface area contributed by atoms with Crippen LogP contribution in [0.4, 0.5) is 16.2 Å². The Morgan fingerprint density at radius 3 is 2.24 bits per heavy atom. The van der Waals surface area contributed by atoms with E-state index in [2.05, 4.69) is 10.6 Å². The van der Waals surface area contributed by atoms with Crippen LogP contribution in [0.25, 0.3) is 0 Å². The number of hydrogen-bond donors (Lipinski definition) is 2. The first kappa shape index (κ1) is 20.1. The number of urea groups is 1. The van der Waals surface area contributed by atoms with E-state index in [1.807, 2.05) is 80.6 Å². The molecule has 0 unspecified atom stereocenters. The number of rotatable bonds is 6. The lowest BCUT2D eigenvalue weighted by atomic mass is 10.1. The van der Waals surface area contributed by atoms with Crippen LogP contribution in [0.15, 0.2) is 78.9 Å². The summed E-state index contributed by atoms with van der Waals surface area (Å²) in [6, 6.07) is 24.2. The number of hydrogen-bond acceptors (Lipinski definition) is 2. The summed E-state index contributed by atoms with van der Waals surface area (Å²) in [7, 11) is 0. The van der Waals surface area contributed by atoms with E-state index in [1.54, 1.807) is 17.0 Å². The first-order valence-corrected chi connectivity index (χ1v) is 9.58. The van der Waals surface area contributed by atoms with E-state index < -0.39 is 0 Å². The Kier molecular flexibility index (Phi) is 6.63. The predicted octanol–water partition coefficient (Wildman–Crippen LogP) is 4.77. The van der Waals surface area contributed by atoms with Gasteiger partial charge in [-0.2, -0.15) is 0 Å². The Balaban J connectivity index is 1.66. The van der Waals surface area contributed by atoms with Gasteiger partial charge in [-0.15, -0.1) is 0 Å². The van der Waals surface area contributed by atoms with Crippen LogP contribution in [0.1, 0.15) is 21.5 Å². The van der Waals surface area contributed by atoms with Crippen LogP contribution in [0, 0.1) is 13.8 Å². The lowest BCUT2D eigenvalue weighted by Gasteiger charge is -2.23. The van der Waals surface area contributed by atoms with Gasteiger partial charge in [0.15, 0.2) is 0 Å². The second kappa shape index (κ2) is 9.55. The Hall–Kier alpha value is -3.60. The second-order valence-corrected chi connectivity index (χ2v) is 6.91. The first-order chi connectivity index (χ1) is 14.0. The molecule has 0 spiro atoms. The van der Waals surface area contributed by atoms with Gasteiger partial charge in [0.25, 0.3) is 5.91 Å². The van der Waals surface area contributed by atoms with Crippen LogP contribution in [0.5, 0.6) is 0 Å². The largest absolute Gasteiger partial charge is 0.350 e. The highest BCUT2D eigenvalue weighted by molar-refractivity contribution is 6.02. The van der Waals surface area contributed by atoms with E-state index in [0.717, 1.165) is 22.5 Å². The van der Waals surface area contributed by atoms with Gasteiger partial charge in [-0.3, -0.25) is 9.69 Å². The fraction of sp³-hybridized carbons (Fsp3) is 0.167. The maximum absolute atomic E-state index is 12.9. The summed E-state index contributed by atoms with van der Waals surface area (Å²) in [6.45, 7) is 4.64. The molecule has 3 aromatic rings. The average molecular weight is 387 g/mol. The van der Waals surface area contributed by atoms with Crippen LogP contribution in [0.3, 0.4) is 0 Å². The lowest BCUT2D eigenvalue weighted by molar-refractivity contribution is 0.0954. The third-order valence-corrected chi connectivity index (χ3v) is 4.52. The molecule has 0 saturated heterocycles. The zero-order valence-corrected chi connectivity index (χ0v) is 16.7. The van der Waals surface area contributed by atoms with Crippen LogP contribution < -0.4 is 15.5 Å². The van der Waals surface area contributed by atoms with Gasteiger partial charge in [0, 0.05) is 30.0 Å². The van der Waals surface area contributed by atoms with Crippen molar-refractivity contribution in [3.8, 4) is 0 Å². The minimum absolute atomic E-state index is 0.155. The third kappa shape index (κ3) is 5.69. The minimum Gasteiger partial charge on any atom is -0.350 e. The fourth-order valence-corrected chi connectivity index (χ4v) is 2.96. The van der Waals surface area contributed by atoms with Crippen molar-refractivity contribution in [3.05, 3.63) is 95.6 Å². The molecule has 0 bridgehead atoms. The second-order valence-electron chi connectivity index (χ2n) is 6.91. The zero-order valence-electron chi connectivity index (χ0n) is 16.7. The quantitative estimate of drug-likeness (QED) is 0.640. The van der Waals surface area contributed by atoms with Crippen molar-refractivity contribution in [3.63, 3.8) is 0 Å². The molecule has 0 fully saturated rings. The molecule has 29 heavy (non-hydrogen) atoms. The number of benzene rings is 3. The number of nitrogens with zero attached hydrogens (tertiary/aromatic N) is 1. The van der Waals surface area contributed by atoms with Gasteiger partial charge in [0.1, 0.15) is 0 Å². The summed E-state index contributed by atoms with van der Waals surface area (Å²) in [5.41, 5.74) is 4.27. The van der Waals surface area contributed by atoms with Gasteiger partial charge < -0.3 is 10.6 Å². The molecular formula is C24H25N3O2. The lowest BCUT2D eigenvalue weighted by Crippen LogP contribution is -2.41. The molecule has 0 aliphatic heterocycles. The number of amides is 3. The van der Waals surface area contributed by atoms with Crippen LogP contribution in [-0.2, 0) is 0 Å². The van der Waals surface area contributed by atoms with Gasteiger partial charge in [0.05, 0.1) is 0 Å². The molecule has 0 aliphatic carbocycles. The fourth-order valence-electron chi connectivity index (χ4n) is 2.96. The van der Waals surface area contributed by atoms with Crippen molar-refractivity contribution in [1.82, 2.24) is 5.32 Å². The monoisotopic (exact) mass is 387 g/mol. The number of nitrogens with one attached hydrogen (secondary N) is 2. The van der Waals surface area contributed by atoms with Crippen LogP contribution in [-0.4, -0.2) is 25.0 Å². The summed E-state index contributed by atoms with van der Waals surface area (Å²) in [5.74, 6) is -0.155. The Bertz CT molecular complexity index is 969. The van der Waals surface area contributed by atoms with Crippen molar-refractivity contribution in [1.29, 1.82) is 0 Å². The molecule has 5 nitrogen and oxygen atoms in total. The topological polar surface area (TPSA) is 61.4 Å². The molecule has 148 valence electrons. The number of anilines is 2. The van der Waals surface area contributed by atoms with E-state index in [0.29, 0.717) is 18.7 Å². The first-order valence-electron chi connectivity index (χ1n) is 9.58. The standard InChI is InChI=1S/C24H25N3O2/c1-18-11-13-20(14-12-18)23(28)25-15-16-27(22-9-4-3-5-10-22)24(29)26-21-8-6-7-19(2)17-21/h3-14,17H,15-16H2,1-2H3,(H,25,28)(H,26,29). The van der Waals surface area contributed by atoms with Crippen molar-refractivity contribution < 1.29 is 9.59 Å². The molecule has 0 heterocycles. The van der Waals surface area contributed by atoms with E-state index in [4.69, 9.17) is 0 Å². The van der Waals surface area contributed by atoms with Gasteiger partial charge in [0.2, 0.25) is 0 Å². The number of carbonyl (C=O) groups excluding carboxylic acids is 2. The van der Waals surface area contributed by atoms with E-state index >= 15 is 0 Å². The van der Waals surface area contributed by atoms with Crippen molar-refractivity contribution in [2.45, 2.75) is 13.8 Å². The van der Waals surface area contributed by atoms with E-state index in [-0.39, 0.29) is 11.9 Å². The smallest absolute Gasteiger partial charge is 0.326 e. The summed E-state index contributed by atoms with van der Waals surface area (Å²) >= 11 is 0. The zero-order chi connectivity index (χ0) is 20.6. The molecule has 2 N–H and O–H groups in total. The maximum atomic E-state index is 12.9. The number of para-hydroxylation sites is 1. The molecule has 3 amide bonds. The van der Waals surface area contributed by atoms with Gasteiger partial charge >= 0.3 is 6.03 Å². The Morgan fingerprint density at radius 1 is 0.828 bits per heavy atom. The Labute approximate surface area is 171 Å². The highest BCUT2D eigenvalue weighted by Gasteiger charge is 2.16. The van der Waals surface area contributed by atoms with E-state index in [9.17, 15) is 9.59 Å². The highest BCUT2D eigenvalue weighted by Crippen LogP contribution is 2.16. The molecular weight excluding hydrogens is 362 g/mol. The molecule has 0 atom stereocenters. The van der Waals surface area contributed by atoms with Gasteiger partial charge in [-0.1, -0.05) is 48.0 Å². The Morgan fingerprint density at radius 2 is 1.55 bits per heavy atom. The van der Waals surface area contributed by atoms with Crippen LogP contribution in [0.2, 0.25) is 0 Å². The van der Waals surface area contributed by atoms with Crippen molar-refractivity contribution in [2.75, 3.05) is 23.3 Å². The van der Waals surface area contributed by atoms with Gasteiger partial charge in [-0.25, -0.2) is 4.79 Å². The van der Waals surface area contributed by atoms with Crippen molar-refractivity contribution >= 4 is 23.3 Å². The molecule has 5 heteroatoms. The SMILES string of the molecule is Cc1ccc(C(=O)NCCN(C(=O)Nc2cccc(C)c2)c2ccccc2)cc1. The molecule has 0 radical (unpaired) electrons. The summed E-state index contributed by atoms with van der Waals surface area (Å²) in [5, 5.41) is 5.82. The molecule has 3 aromatic carbocycles. The maximum Gasteiger partial charge on any atom is 0.326 e. The predicted molar refractivity (Wildman–Crippen MR) is 117 cm³/mol. The van der Waals surface area contributed by atoms with Gasteiger partial charge in [-0.05, 0) is 55.8 Å². The van der Waals surface area contributed by atoms with Crippen molar-refractivity contribution in [2.24, 2.45) is 0 Å². The highest BCUT2D eigenvalue weighted by atomic mass is 16.2. The molecule has 3 rings (SSSR count).